The number of aliphatic hydroxyl groups is 1. The average molecular weight is 224 g/mol. The normalized spacial score (nSPS) is 19.7. The van der Waals surface area contributed by atoms with Gasteiger partial charge in [-0.2, -0.15) is 5.10 Å². The second-order valence-electron chi connectivity index (χ2n) is 4.57. The van der Waals surface area contributed by atoms with E-state index >= 15 is 0 Å². The van der Waals surface area contributed by atoms with E-state index in [1.807, 2.05) is 10.7 Å². The zero-order chi connectivity index (χ0) is 11.6. The summed E-state index contributed by atoms with van der Waals surface area (Å²) in [5.41, 5.74) is 0.0548. The van der Waals surface area contributed by atoms with Crippen LogP contribution in [0.3, 0.4) is 0 Å². The molecular formula is C12H20N2O2. The molecule has 0 radical (unpaired) electrons. The fraction of sp³-hybridized carbons (Fsp3) is 0.750. The molecule has 90 valence electrons. The molecule has 0 bridgehead atoms. The molecule has 1 aliphatic carbocycles. The minimum absolute atomic E-state index is 0.333. The van der Waals surface area contributed by atoms with Crippen molar-refractivity contribution in [2.75, 3.05) is 13.7 Å². The topological polar surface area (TPSA) is 47.3 Å². The Bertz CT molecular complexity index is 347. The lowest BCUT2D eigenvalue weighted by atomic mass is 9.94. The molecule has 0 amide bonds. The molecule has 1 aromatic heterocycles. The summed E-state index contributed by atoms with van der Waals surface area (Å²) in [5, 5.41) is 15.0. The van der Waals surface area contributed by atoms with E-state index in [9.17, 15) is 5.11 Å². The van der Waals surface area contributed by atoms with Gasteiger partial charge in [-0.15, -0.1) is 0 Å². The van der Waals surface area contributed by atoms with E-state index in [1.54, 1.807) is 13.3 Å². The monoisotopic (exact) mass is 224 g/mol. The van der Waals surface area contributed by atoms with E-state index in [2.05, 4.69) is 12.0 Å². The van der Waals surface area contributed by atoms with E-state index < -0.39 is 5.60 Å². The summed E-state index contributed by atoms with van der Waals surface area (Å²) >= 11 is 0. The molecular weight excluding hydrogens is 204 g/mol. The van der Waals surface area contributed by atoms with Gasteiger partial charge in [0.2, 0.25) is 0 Å². The second-order valence-corrected chi connectivity index (χ2v) is 4.57. The van der Waals surface area contributed by atoms with Crippen molar-refractivity contribution in [3.63, 3.8) is 0 Å². The Kier molecular flexibility index (Phi) is 3.30. The van der Waals surface area contributed by atoms with Gasteiger partial charge in [0.15, 0.2) is 0 Å². The molecule has 1 saturated carbocycles. The third kappa shape index (κ3) is 1.99. The van der Waals surface area contributed by atoms with Crippen LogP contribution in [0.1, 0.15) is 31.9 Å². The van der Waals surface area contributed by atoms with Gasteiger partial charge in [0.1, 0.15) is 5.60 Å². The van der Waals surface area contributed by atoms with Gasteiger partial charge < -0.3 is 9.84 Å². The Morgan fingerprint density at radius 2 is 2.38 bits per heavy atom. The van der Waals surface area contributed by atoms with Crippen molar-refractivity contribution in [2.45, 2.75) is 38.3 Å². The molecule has 2 rings (SSSR count). The van der Waals surface area contributed by atoms with Gasteiger partial charge in [-0.05, 0) is 31.2 Å². The second kappa shape index (κ2) is 4.55. The standard InChI is InChI=1S/C12H20N2O2/c1-3-8-14-11(6-7-13-14)12(15,9-16-2)10-4-5-10/h6-7,10,15H,3-5,8-9H2,1-2H3. The smallest absolute Gasteiger partial charge is 0.132 e. The van der Waals surface area contributed by atoms with Crippen molar-refractivity contribution < 1.29 is 9.84 Å². The van der Waals surface area contributed by atoms with Crippen molar-refractivity contribution in [1.82, 2.24) is 9.78 Å². The SMILES string of the molecule is CCCn1nccc1C(O)(COC)C1CC1. The maximum Gasteiger partial charge on any atom is 0.132 e. The zero-order valence-electron chi connectivity index (χ0n) is 10.0. The Labute approximate surface area is 96.2 Å². The van der Waals surface area contributed by atoms with Crippen molar-refractivity contribution in [3.8, 4) is 0 Å². The van der Waals surface area contributed by atoms with Gasteiger partial charge in [0.05, 0.1) is 12.3 Å². The number of aromatic nitrogens is 2. The van der Waals surface area contributed by atoms with Crippen molar-refractivity contribution >= 4 is 0 Å². The highest BCUT2D eigenvalue weighted by Gasteiger charge is 2.47. The predicted octanol–water partition coefficient (Wildman–Crippen LogP) is 1.54. The van der Waals surface area contributed by atoms with Crippen molar-refractivity contribution in [1.29, 1.82) is 0 Å². The number of aryl methyl sites for hydroxylation is 1. The highest BCUT2D eigenvalue weighted by atomic mass is 16.5. The highest BCUT2D eigenvalue weighted by molar-refractivity contribution is 5.16. The number of methoxy groups -OCH3 is 1. The van der Waals surface area contributed by atoms with Gasteiger partial charge in [-0.3, -0.25) is 4.68 Å². The van der Waals surface area contributed by atoms with E-state index in [4.69, 9.17) is 4.74 Å². The van der Waals surface area contributed by atoms with E-state index in [1.165, 1.54) is 0 Å². The first kappa shape index (κ1) is 11.6. The van der Waals surface area contributed by atoms with Gasteiger partial charge in [0.25, 0.3) is 0 Å². The Morgan fingerprint density at radius 1 is 1.62 bits per heavy atom. The van der Waals surface area contributed by atoms with Crippen LogP contribution in [0.25, 0.3) is 0 Å². The molecule has 1 N–H and O–H groups in total. The minimum Gasteiger partial charge on any atom is -0.381 e. The molecule has 1 atom stereocenters. The van der Waals surface area contributed by atoms with Crippen LogP contribution in [0.15, 0.2) is 12.3 Å². The molecule has 0 aliphatic heterocycles. The summed E-state index contributed by atoms with van der Waals surface area (Å²) in [6, 6.07) is 1.91. The zero-order valence-corrected chi connectivity index (χ0v) is 10.0. The summed E-state index contributed by atoms with van der Waals surface area (Å²) in [6.07, 6.45) is 4.94. The van der Waals surface area contributed by atoms with Gasteiger partial charge >= 0.3 is 0 Å². The summed E-state index contributed by atoms with van der Waals surface area (Å²) < 4.78 is 7.07. The molecule has 1 heterocycles. The van der Waals surface area contributed by atoms with Crippen LogP contribution in [0.2, 0.25) is 0 Å². The van der Waals surface area contributed by atoms with Crippen LogP contribution in [0, 0.1) is 5.92 Å². The number of hydrogen-bond acceptors (Lipinski definition) is 3. The average Bonchev–Trinajstić information content (AvgIpc) is 3.01. The van der Waals surface area contributed by atoms with Crippen LogP contribution in [0.4, 0.5) is 0 Å². The lowest BCUT2D eigenvalue weighted by molar-refractivity contribution is -0.0595. The number of ether oxygens (including phenoxy) is 1. The summed E-state index contributed by atoms with van der Waals surface area (Å²) in [4.78, 5) is 0. The maximum absolute atomic E-state index is 10.7. The lowest BCUT2D eigenvalue weighted by Gasteiger charge is -2.28. The summed E-state index contributed by atoms with van der Waals surface area (Å²) in [6.45, 7) is 3.31. The van der Waals surface area contributed by atoms with Crippen LogP contribution < -0.4 is 0 Å². The first-order valence-electron chi connectivity index (χ1n) is 5.96. The molecule has 1 aliphatic rings. The highest BCUT2D eigenvalue weighted by Crippen LogP contribution is 2.45. The lowest BCUT2D eigenvalue weighted by Crippen LogP contribution is -2.36. The molecule has 4 heteroatoms. The quantitative estimate of drug-likeness (QED) is 0.797. The first-order valence-corrected chi connectivity index (χ1v) is 5.96. The molecule has 0 aromatic carbocycles. The molecule has 0 spiro atoms. The summed E-state index contributed by atoms with van der Waals surface area (Å²) in [7, 11) is 1.63. The fourth-order valence-corrected chi connectivity index (χ4v) is 2.27. The van der Waals surface area contributed by atoms with E-state index in [-0.39, 0.29) is 0 Å². The van der Waals surface area contributed by atoms with Gasteiger partial charge in [-0.25, -0.2) is 0 Å². The van der Waals surface area contributed by atoms with Crippen molar-refractivity contribution in [2.24, 2.45) is 5.92 Å². The van der Waals surface area contributed by atoms with Crippen molar-refractivity contribution in [3.05, 3.63) is 18.0 Å². The fourth-order valence-electron chi connectivity index (χ4n) is 2.27. The minimum atomic E-state index is -0.847. The molecule has 0 saturated heterocycles. The Hall–Kier alpha value is -0.870. The largest absolute Gasteiger partial charge is 0.381 e. The number of rotatable bonds is 6. The van der Waals surface area contributed by atoms with Crippen LogP contribution in [-0.2, 0) is 16.9 Å². The van der Waals surface area contributed by atoms with Crippen LogP contribution in [-0.4, -0.2) is 28.6 Å². The number of nitrogens with zero attached hydrogens (tertiary/aromatic N) is 2. The maximum atomic E-state index is 10.7. The molecule has 4 nitrogen and oxygen atoms in total. The molecule has 1 fully saturated rings. The van der Waals surface area contributed by atoms with Gasteiger partial charge in [0, 0.05) is 19.9 Å². The molecule has 1 aromatic rings. The predicted molar refractivity (Wildman–Crippen MR) is 61.0 cm³/mol. The third-order valence-electron chi connectivity index (χ3n) is 3.21. The molecule has 16 heavy (non-hydrogen) atoms. The third-order valence-corrected chi connectivity index (χ3v) is 3.21. The van der Waals surface area contributed by atoms with Crippen LogP contribution in [0.5, 0.6) is 0 Å². The van der Waals surface area contributed by atoms with Gasteiger partial charge in [-0.1, -0.05) is 6.92 Å². The Balaban J connectivity index is 2.27. The molecule has 1 unspecified atom stereocenters. The van der Waals surface area contributed by atoms with E-state index in [0.717, 1.165) is 31.5 Å². The first-order chi connectivity index (χ1) is 7.72. The summed E-state index contributed by atoms with van der Waals surface area (Å²) in [5.74, 6) is 0.333. The Morgan fingerprint density at radius 3 is 2.94 bits per heavy atom. The number of hydrogen-bond donors (Lipinski definition) is 1. The van der Waals surface area contributed by atoms with Crippen LogP contribution >= 0.6 is 0 Å². The van der Waals surface area contributed by atoms with E-state index in [0.29, 0.717) is 12.5 Å².